The molecule has 18 heavy (non-hydrogen) atoms. The Balaban J connectivity index is 2.52. The van der Waals surface area contributed by atoms with Crippen LogP contribution in [0.25, 0.3) is 0 Å². The normalized spacial score (nSPS) is 9.89. The lowest BCUT2D eigenvalue weighted by atomic mass is 9.97. The molecular formula is C15H15NO2. The van der Waals surface area contributed by atoms with Crippen molar-refractivity contribution in [2.24, 2.45) is 5.41 Å². The highest BCUT2D eigenvalue weighted by atomic mass is 16.5. The molecule has 0 aliphatic heterocycles. The van der Waals surface area contributed by atoms with Crippen LogP contribution in [0.4, 0.5) is 0 Å². The van der Waals surface area contributed by atoms with Gasteiger partial charge in [0.15, 0.2) is 6.61 Å². The first-order chi connectivity index (χ1) is 8.43. The molecule has 0 fully saturated rings. The van der Waals surface area contributed by atoms with Crippen LogP contribution in [0.3, 0.4) is 0 Å². The maximum atomic E-state index is 11.4. The van der Waals surface area contributed by atoms with Crippen molar-refractivity contribution in [3.63, 3.8) is 0 Å². The Hall–Kier alpha value is -2.26. The molecular weight excluding hydrogens is 226 g/mol. The summed E-state index contributed by atoms with van der Waals surface area (Å²) in [5, 5.41) is 8.64. The minimum absolute atomic E-state index is 0.0795. The van der Waals surface area contributed by atoms with Gasteiger partial charge in [0.1, 0.15) is 0 Å². The van der Waals surface area contributed by atoms with Crippen molar-refractivity contribution in [2.45, 2.75) is 20.8 Å². The van der Waals surface area contributed by atoms with E-state index in [1.54, 1.807) is 45.0 Å². The summed E-state index contributed by atoms with van der Waals surface area (Å²) in [6, 6.07) is 8.96. The number of hydrogen-bond acceptors (Lipinski definition) is 3. The largest absolute Gasteiger partial charge is 0.452 e. The molecule has 0 heterocycles. The predicted octanol–water partition coefficient (Wildman–Crippen LogP) is 2.50. The Morgan fingerprint density at radius 2 is 1.78 bits per heavy atom. The monoisotopic (exact) mass is 241 g/mol. The minimum atomic E-state index is -0.504. The van der Waals surface area contributed by atoms with Crippen LogP contribution in [0.5, 0.6) is 0 Å². The summed E-state index contributed by atoms with van der Waals surface area (Å²) in [5.74, 6) is 5.37. The molecule has 0 saturated heterocycles. The second kappa shape index (κ2) is 5.89. The van der Waals surface area contributed by atoms with Gasteiger partial charge in [-0.2, -0.15) is 5.26 Å². The summed E-state index contributed by atoms with van der Waals surface area (Å²) < 4.78 is 5.01. The molecule has 0 atom stereocenters. The number of rotatable bonds is 1. The van der Waals surface area contributed by atoms with Crippen LogP contribution in [0, 0.1) is 28.6 Å². The summed E-state index contributed by atoms with van der Waals surface area (Å²) in [5.41, 5.74) is 0.886. The molecule has 0 saturated carbocycles. The van der Waals surface area contributed by atoms with E-state index in [0.717, 1.165) is 5.56 Å². The lowest BCUT2D eigenvalue weighted by Crippen LogP contribution is -2.22. The fourth-order valence-electron chi connectivity index (χ4n) is 1.08. The highest BCUT2D eigenvalue weighted by molar-refractivity contribution is 5.75. The van der Waals surface area contributed by atoms with Crippen LogP contribution in [0.1, 0.15) is 31.9 Å². The Morgan fingerprint density at radius 3 is 2.28 bits per heavy atom. The van der Waals surface area contributed by atoms with Crippen LogP contribution in [-0.4, -0.2) is 12.6 Å². The van der Waals surface area contributed by atoms with Gasteiger partial charge >= 0.3 is 5.97 Å². The van der Waals surface area contributed by atoms with Gasteiger partial charge in [-0.1, -0.05) is 11.8 Å². The van der Waals surface area contributed by atoms with Gasteiger partial charge in [0.25, 0.3) is 0 Å². The SMILES string of the molecule is CC(C)(C)C(=O)OCC#Cc1ccc(C#N)cc1. The Morgan fingerprint density at radius 1 is 1.22 bits per heavy atom. The molecule has 0 radical (unpaired) electrons. The van der Waals surface area contributed by atoms with Crippen LogP contribution in [0.2, 0.25) is 0 Å². The second-order valence-corrected chi connectivity index (χ2v) is 4.82. The van der Waals surface area contributed by atoms with E-state index in [1.807, 2.05) is 6.07 Å². The fraction of sp³-hybridized carbons (Fsp3) is 0.333. The predicted molar refractivity (Wildman–Crippen MR) is 68.4 cm³/mol. The first-order valence-electron chi connectivity index (χ1n) is 5.60. The summed E-state index contributed by atoms with van der Waals surface area (Å²) in [4.78, 5) is 11.4. The molecule has 3 nitrogen and oxygen atoms in total. The molecule has 0 unspecified atom stereocenters. The quantitative estimate of drug-likeness (QED) is 0.560. The van der Waals surface area contributed by atoms with Crippen molar-refractivity contribution in [1.29, 1.82) is 5.26 Å². The lowest BCUT2D eigenvalue weighted by Gasteiger charge is -2.14. The summed E-state index contributed by atoms with van der Waals surface area (Å²) in [7, 11) is 0. The van der Waals surface area contributed by atoms with Gasteiger partial charge in [0.05, 0.1) is 17.0 Å². The van der Waals surface area contributed by atoms with Crippen molar-refractivity contribution in [1.82, 2.24) is 0 Å². The third-order valence-electron chi connectivity index (χ3n) is 2.13. The topological polar surface area (TPSA) is 50.1 Å². The molecule has 0 aliphatic rings. The van der Waals surface area contributed by atoms with E-state index < -0.39 is 5.41 Å². The number of esters is 1. The minimum Gasteiger partial charge on any atom is -0.452 e. The first-order valence-corrected chi connectivity index (χ1v) is 5.60. The maximum Gasteiger partial charge on any atom is 0.312 e. The molecule has 0 amide bonds. The molecule has 0 aliphatic carbocycles. The molecule has 1 aromatic rings. The number of nitrogens with zero attached hydrogens (tertiary/aromatic N) is 1. The van der Waals surface area contributed by atoms with Gasteiger partial charge in [-0.15, -0.1) is 0 Å². The van der Waals surface area contributed by atoms with E-state index >= 15 is 0 Å². The average Bonchev–Trinajstić information content (AvgIpc) is 2.34. The third-order valence-corrected chi connectivity index (χ3v) is 2.13. The molecule has 1 rings (SSSR count). The molecule has 0 bridgehead atoms. The Bertz CT molecular complexity index is 519. The van der Waals surface area contributed by atoms with Crippen LogP contribution >= 0.6 is 0 Å². The zero-order valence-corrected chi connectivity index (χ0v) is 10.8. The highest BCUT2D eigenvalue weighted by Crippen LogP contribution is 2.14. The number of nitriles is 1. The van der Waals surface area contributed by atoms with Gasteiger partial charge in [0.2, 0.25) is 0 Å². The number of carbonyl (C=O) groups excluding carboxylic acids is 1. The van der Waals surface area contributed by atoms with E-state index in [9.17, 15) is 4.79 Å². The Labute approximate surface area is 107 Å². The molecule has 0 aromatic heterocycles. The van der Waals surface area contributed by atoms with Gasteiger partial charge in [-0.25, -0.2) is 0 Å². The zero-order chi connectivity index (χ0) is 13.6. The summed E-state index contributed by atoms with van der Waals surface area (Å²) >= 11 is 0. The smallest absolute Gasteiger partial charge is 0.312 e. The third kappa shape index (κ3) is 4.31. The first kappa shape index (κ1) is 13.8. The van der Waals surface area contributed by atoms with E-state index in [2.05, 4.69) is 11.8 Å². The number of hydrogen-bond donors (Lipinski definition) is 0. The van der Waals surface area contributed by atoms with E-state index in [4.69, 9.17) is 10.00 Å². The van der Waals surface area contributed by atoms with Crippen molar-refractivity contribution in [2.75, 3.05) is 6.61 Å². The van der Waals surface area contributed by atoms with Crippen molar-refractivity contribution < 1.29 is 9.53 Å². The van der Waals surface area contributed by atoms with Crippen molar-refractivity contribution in [3.05, 3.63) is 35.4 Å². The fourth-order valence-corrected chi connectivity index (χ4v) is 1.08. The summed E-state index contributed by atoms with van der Waals surface area (Å²) in [6.07, 6.45) is 0. The van der Waals surface area contributed by atoms with E-state index in [-0.39, 0.29) is 12.6 Å². The van der Waals surface area contributed by atoms with Crippen LogP contribution in [0.15, 0.2) is 24.3 Å². The second-order valence-electron chi connectivity index (χ2n) is 4.82. The van der Waals surface area contributed by atoms with Gasteiger partial charge in [-0.05, 0) is 45.0 Å². The molecule has 92 valence electrons. The zero-order valence-electron chi connectivity index (χ0n) is 10.8. The summed E-state index contributed by atoms with van der Waals surface area (Å²) in [6.45, 7) is 5.46. The van der Waals surface area contributed by atoms with Gasteiger partial charge in [0, 0.05) is 5.56 Å². The lowest BCUT2D eigenvalue weighted by molar-refractivity contribution is -0.151. The number of benzene rings is 1. The van der Waals surface area contributed by atoms with Crippen molar-refractivity contribution >= 4 is 5.97 Å². The van der Waals surface area contributed by atoms with E-state index in [0.29, 0.717) is 5.56 Å². The molecule has 3 heteroatoms. The average molecular weight is 241 g/mol. The number of ether oxygens (including phenoxy) is 1. The van der Waals surface area contributed by atoms with Gasteiger partial charge in [-0.3, -0.25) is 4.79 Å². The maximum absolute atomic E-state index is 11.4. The van der Waals surface area contributed by atoms with Gasteiger partial charge < -0.3 is 4.74 Å². The number of carbonyl (C=O) groups is 1. The van der Waals surface area contributed by atoms with E-state index in [1.165, 1.54) is 0 Å². The van der Waals surface area contributed by atoms with Crippen LogP contribution < -0.4 is 0 Å². The van der Waals surface area contributed by atoms with Crippen molar-refractivity contribution in [3.8, 4) is 17.9 Å². The molecule has 1 aromatic carbocycles. The standard InChI is InChI=1S/C15H15NO2/c1-15(2,3)14(17)18-10-4-5-12-6-8-13(11-16)9-7-12/h6-9H,10H2,1-3H3. The molecule has 0 spiro atoms. The molecule has 0 N–H and O–H groups in total. The highest BCUT2D eigenvalue weighted by Gasteiger charge is 2.22. The Kier molecular flexibility index (Phi) is 4.52. The van der Waals surface area contributed by atoms with Crippen LogP contribution in [-0.2, 0) is 9.53 Å².